The van der Waals surface area contributed by atoms with Gasteiger partial charge in [0, 0.05) is 22.2 Å². The molecule has 2 atom stereocenters. The number of hydrogen-bond donors (Lipinski definition) is 0. The molecule has 1 heterocycles. The number of rotatable bonds is 4. The second-order valence-electron chi connectivity index (χ2n) is 4.48. The molecule has 0 saturated heterocycles. The van der Waals surface area contributed by atoms with E-state index in [4.69, 9.17) is 0 Å². The van der Waals surface area contributed by atoms with Crippen molar-refractivity contribution in [1.29, 1.82) is 0 Å². The zero-order valence-electron chi connectivity index (χ0n) is 10.5. The average molecular weight is 301 g/mol. The number of pyridine rings is 1. The molecule has 1 rings (SSSR count). The van der Waals surface area contributed by atoms with Gasteiger partial charge in [-0.05, 0) is 26.2 Å². The molecule has 1 aromatic rings. The lowest BCUT2D eigenvalue weighted by atomic mass is 9.98. The first-order valence-electron chi connectivity index (χ1n) is 5.58. The number of aromatic nitrogens is 1. The van der Waals surface area contributed by atoms with E-state index in [-0.39, 0.29) is 10.6 Å². The molecule has 1 aromatic heterocycles. The van der Waals surface area contributed by atoms with E-state index in [0.29, 0.717) is 21.9 Å². The molecule has 0 spiro atoms. The quantitative estimate of drug-likeness (QED) is 0.485. The second kappa shape index (κ2) is 5.58. The van der Waals surface area contributed by atoms with Crippen LogP contribution in [0.5, 0.6) is 0 Å². The summed E-state index contributed by atoms with van der Waals surface area (Å²) in [4.78, 5) is 15.3. The third-order valence-corrected chi connectivity index (χ3v) is 3.96. The monoisotopic (exact) mass is 300 g/mol. The summed E-state index contributed by atoms with van der Waals surface area (Å²) < 4.78 is 0. The van der Waals surface area contributed by atoms with Crippen LogP contribution in [0.3, 0.4) is 0 Å². The number of hydrogen-bond acceptors (Lipinski definition) is 3. The Morgan fingerprint density at radius 2 is 2.06 bits per heavy atom. The molecule has 17 heavy (non-hydrogen) atoms. The van der Waals surface area contributed by atoms with Crippen molar-refractivity contribution in [2.24, 2.45) is 5.92 Å². The summed E-state index contributed by atoms with van der Waals surface area (Å²) in [6.45, 7) is 7.67. The third-order valence-electron chi connectivity index (χ3n) is 3.06. The first-order chi connectivity index (χ1) is 7.84. The fraction of sp³-hybridized carbons (Fsp3) is 0.583. The molecule has 0 aliphatic heterocycles. The summed E-state index contributed by atoms with van der Waals surface area (Å²) in [5.41, 5.74) is 2.33. The number of nitrogens with zero attached hydrogens (tertiary/aromatic N) is 2. The van der Waals surface area contributed by atoms with Crippen molar-refractivity contribution in [2.75, 3.05) is 0 Å². The van der Waals surface area contributed by atoms with Gasteiger partial charge in [0.15, 0.2) is 0 Å². The van der Waals surface area contributed by atoms with E-state index in [1.807, 2.05) is 0 Å². The Bertz CT molecular complexity index is 433. The highest BCUT2D eigenvalue weighted by molar-refractivity contribution is 9.09. The molecule has 0 aliphatic carbocycles. The van der Waals surface area contributed by atoms with Crippen LogP contribution in [-0.2, 0) is 6.42 Å². The van der Waals surface area contributed by atoms with Gasteiger partial charge in [-0.1, -0.05) is 29.8 Å². The lowest BCUT2D eigenvalue weighted by molar-refractivity contribution is -0.386. The van der Waals surface area contributed by atoms with Gasteiger partial charge in [0.1, 0.15) is 0 Å². The molecule has 2 unspecified atom stereocenters. The SMILES string of the molecule is Cc1cnc(CC(C)C(C)Br)c(C)c1[N+](=O)[O-]. The zero-order valence-corrected chi connectivity index (χ0v) is 12.1. The van der Waals surface area contributed by atoms with Crippen LogP contribution in [0.4, 0.5) is 5.69 Å². The van der Waals surface area contributed by atoms with Crippen LogP contribution in [0.15, 0.2) is 6.20 Å². The highest BCUT2D eigenvalue weighted by atomic mass is 79.9. The molecule has 94 valence electrons. The standard InChI is InChI=1S/C12H17BrN2O2/c1-7(10(4)13)5-11-9(3)12(15(16)17)8(2)6-14-11/h6-7,10H,5H2,1-4H3. The topological polar surface area (TPSA) is 56.0 Å². The summed E-state index contributed by atoms with van der Waals surface area (Å²) in [7, 11) is 0. The molecule has 4 nitrogen and oxygen atoms in total. The van der Waals surface area contributed by atoms with Crippen molar-refractivity contribution in [3.05, 3.63) is 33.1 Å². The van der Waals surface area contributed by atoms with Gasteiger partial charge in [0.25, 0.3) is 5.69 Å². The van der Waals surface area contributed by atoms with Crippen molar-refractivity contribution in [3.63, 3.8) is 0 Å². The minimum absolute atomic E-state index is 0.199. The van der Waals surface area contributed by atoms with E-state index in [1.54, 1.807) is 20.0 Å². The number of nitro groups is 1. The van der Waals surface area contributed by atoms with E-state index < -0.39 is 0 Å². The molecule has 0 aromatic carbocycles. The Hall–Kier alpha value is -0.970. The van der Waals surface area contributed by atoms with E-state index >= 15 is 0 Å². The van der Waals surface area contributed by atoms with Gasteiger partial charge in [0.05, 0.1) is 10.6 Å². The minimum Gasteiger partial charge on any atom is -0.260 e. The molecule has 0 aliphatic rings. The van der Waals surface area contributed by atoms with Crippen LogP contribution in [0.1, 0.15) is 30.7 Å². The summed E-state index contributed by atoms with van der Waals surface area (Å²) >= 11 is 3.52. The predicted octanol–water partition coefficient (Wildman–Crippen LogP) is 3.57. The summed E-state index contributed by atoms with van der Waals surface area (Å²) in [6.07, 6.45) is 2.34. The lowest BCUT2D eigenvalue weighted by Gasteiger charge is -2.15. The molecule has 0 bridgehead atoms. The molecule has 0 radical (unpaired) electrons. The fourth-order valence-corrected chi connectivity index (χ4v) is 1.91. The van der Waals surface area contributed by atoms with Gasteiger partial charge in [-0.15, -0.1) is 0 Å². The van der Waals surface area contributed by atoms with Crippen LogP contribution in [0.2, 0.25) is 0 Å². The molecular formula is C12H17BrN2O2. The molecule has 0 fully saturated rings. The van der Waals surface area contributed by atoms with Crippen LogP contribution >= 0.6 is 15.9 Å². The first kappa shape index (κ1) is 14.1. The van der Waals surface area contributed by atoms with Crippen LogP contribution < -0.4 is 0 Å². The van der Waals surface area contributed by atoms with Gasteiger partial charge in [-0.25, -0.2) is 0 Å². The Kier molecular flexibility index (Phi) is 4.62. The smallest absolute Gasteiger partial charge is 0.260 e. The van der Waals surface area contributed by atoms with Crippen molar-refractivity contribution in [3.8, 4) is 0 Å². The van der Waals surface area contributed by atoms with Gasteiger partial charge in [0.2, 0.25) is 0 Å². The van der Waals surface area contributed by atoms with Crippen molar-refractivity contribution >= 4 is 21.6 Å². The van der Waals surface area contributed by atoms with Crippen molar-refractivity contribution < 1.29 is 4.92 Å². The Morgan fingerprint density at radius 3 is 2.53 bits per heavy atom. The normalized spacial score (nSPS) is 14.4. The molecule has 0 amide bonds. The maximum atomic E-state index is 11.0. The second-order valence-corrected chi connectivity index (χ2v) is 5.92. The lowest BCUT2D eigenvalue weighted by Crippen LogP contribution is -2.12. The van der Waals surface area contributed by atoms with Crippen LogP contribution in [0.25, 0.3) is 0 Å². The van der Waals surface area contributed by atoms with Gasteiger partial charge < -0.3 is 0 Å². The Labute approximate surface area is 110 Å². The highest BCUT2D eigenvalue weighted by Crippen LogP contribution is 2.26. The Morgan fingerprint density at radius 1 is 1.47 bits per heavy atom. The van der Waals surface area contributed by atoms with Crippen molar-refractivity contribution in [2.45, 2.75) is 38.9 Å². The average Bonchev–Trinajstić information content (AvgIpc) is 2.21. The van der Waals surface area contributed by atoms with Gasteiger partial charge in [-0.2, -0.15) is 0 Å². The Balaban J connectivity index is 3.11. The number of aryl methyl sites for hydroxylation is 1. The molecule has 0 saturated carbocycles. The fourth-order valence-electron chi connectivity index (χ4n) is 1.72. The largest absolute Gasteiger partial charge is 0.278 e. The van der Waals surface area contributed by atoms with E-state index in [2.05, 4.69) is 34.8 Å². The van der Waals surface area contributed by atoms with Crippen LogP contribution in [-0.4, -0.2) is 14.7 Å². The summed E-state index contributed by atoms with van der Waals surface area (Å²) in [5, 5.41) is 11.0. The van der Waals surface area contributed by atoms with E-state index in [1.165, 1.54) is 0 Å². The number of alkyl halides is 1. The van der Waals surface area contributed by atoms with Gasteiger partial charge >= 0.3 is 0 Å². The highest BCUT2D eigenvalue weighted by Gasteiger charge is 2.20. The maximum absolute atomic E-state index is 11.0. The maximum Gasteiger partial charge on any atom is 0.278 e. The molecular weight excluding hydrogens is 284 g/mol. The van der Waals surface area contributed by atoms with Crippen molar-refractivity contribution in [1.82, 2.24) is 4.98 Å². The first-order valence-corrected chi connectivity index (χ1v) is 6.49. The van der Waals surface area contributed by atoms with E-state index in [9.17, 15) is 10.1 Å². The molecule has 0 N–H and O–H groups in total. The van der Waals surface area contributed by atoms with E-state index in [0.717, 1.165) is 12.1 Å². The predicted molar refractivity (Wildman–Crippen MR) is 71.6 cm³/mol. The third kappa shape index (κ3) is 3.25. The number of halogens is 1. The van der Waals surface area contributed by atoms with Crippen LogP contribution in [0, 0.1) is 29.9 Å². The zero-order chi connectivity index (χ0) is 13.2. The summed E-state index contributed by atoms with van der Waals surface area (Å²) in [5.74, 6) is 0.392. The minimum atomic E-state index is -0.321. The molecule has 5 heteroatoms. The summed E-state index contributed by atoms with van der Waals surface area (Å²) in [6, 6.07) is 0. The van der Waals surface area contributed by atoms with Gasteiger partial charge in [-0.3, -0.25) is 15.1 Å².